The lowest BCUT2D eigenvalue weighted by Crippen LogP contribution is -2.43. The molecule has 0 bridgehead atoms. The van der Waals surface area contributed by atoms with Crippen molar-refractivity contribution in [2.24, 2.45) is 0 Å². The molecule has 2 saturated heterocycles. The van der Waals surface area contributed by atoms with E-state index in [2.05, 4.69) is 27.7 Å². The second kappa shape index (κ2) is 6.80. The molecule has 2 aliphatic heterocycles. The molecule has 1 aromatic rings. The van der Waals surface area contributed by atoms with Crippen LogP contribution < -0.4 is 20.3 Å². The maximum absolute atomic E-state index is 11.9. The van der Waals surface area contributed by atoms with Crippen LogP contribution in [0, 0.1) is 0 Å². The molecule has 1 unspecified atom stereocenters. The van der Waals surface area contributed by atoms with Crippen molar-refractivity contribution in [3.8, 4) is 5.75 Å². The summed E-state index contributed by atoms with van der Waals surface area (Å²) in [5.74, 6) is 0.787. The van der Waals surface area contributed by atoms with Gasteiger partial charge in [0.15, 0.2) is 6.10 Å². The minimum atomic E-state index is -0.350. The summed E-state index contributed by atoms with van der Waals surface area (Å²) in [6.45, 7) is 4.89. The van der Waals surface area contributed by atoms with Crippen LogP contribution in [0.1, 0.15) is 19.3 Å². The second-order valence-corrected chi connectivity index (χ2v) is 5.62. The summed E-state index contributed by atoms with van der Waals surface area (Å²) < 4.78 is 5.85. The number of carbonyl (C=O) groups is 1. The van der Waals surface area contributed by atoms with E-state index in [0.717, 1.165) is 57.7 Å². The van der Waals surface area contributed by atoms with E-state index in [-0.39, 0.29) is 12.0 Å². The van der Waals surface area contributed by atoms with Gasteiger partial charge in [-0.25, -0.2) is 0 Å². The smallest absolute Gasteiger partial charge is 0.261 e. The van der Waals surface area contributed by atoms with Crippen molar-refractivity contribution in [3.63, 3.8) is 0 Å². The van der Waals surface area contributed by atoms with Gasteiger partial charge in [-0.05, 0) is 43.5 Å². The van der Waals surface area contributed by atoms with Crippen molar-refractivity contribution in [1.82, 2.24) is 10.6 Å². The van der Waals surface area contributed by atoms with Gasteiger partial charge in [0.1, 0.15) is 5.75 Å². The Labute approximate surface area is 125 Å². The van der Waals surface area contributed by atoms with Crippen molar-refractivity contribution in [1.29, 1.82) is 0 Å². The van der Waals surface area contributed by atoms with Crippen LogP contribution in [0.25, 0.3) is 0 Å². The lowest BCUT2D eigenvalue weighted by molar-refractivity contribution is -0.127. The first kappa shape index (κ1) is 14.2. The van der Waals surface area contributed by atoms with E-state index in [1.165, 1.54) is 5.69 Å². The molecule has 2 heterocycles. The van der Waals surface area contributed by atoms with Gasteiger partial charge in [0.05, 0.1) is 0 Å². The first-order chi connectivity index (χ1) is 10.3. The van der Waals surface area contributed by atoms with Gasteiger partial charge in [0.2, 0.25) is 0 Å². The summed E-state index contributed by atoms with van der Waals surface area (Å²) in [5, 5.41) is 6.25. The van der Waals surface area contributed by atoms with Crippen LogP contribution in [-0.4, -0.2) is 44.7 Å². The van der Waals surface area contributed by atoms with Gasteiger partial charge in [-0.1, -0.05) is 0 Å². The van der Waals surface area contributed by atoms with Gasteiger partial charge in [0, 0.05) is 38.4 Å². The van der Waals surface area contributed by atoms with E-state index >= 15 is 0 Å². The monoisotopic (exact) mass is 289 g/mol. The minimum Gasteiger partial charge on any atom is -0.481 e. The molecule has 1 amide bonds. The Morgan fingerprint density at radius 1 is 1.05 bits per heavy atom. The summed E-state index contributed by atoms with van der Waals surface area (Å²) in [6, 6.07) is 8.09. The predicted octanol–water partition coefficient (Wildman–Crippen LogP) is 1.14. The van der Waals surface area contributed by atoms with Gasteiger partial charge in [-0.2, -0.15) is 0 Å². The van der Waals surface area contributed by atoms with E-state index in [1.807, 2.05) is 12.1 Å². The summed E-state index contributed by atoms with van der Waals surface area (Å²) in [6.07, 6.45) is 2.51. The van der Waals surface area contributed by atoms with E-state index in [0.29, 0.717) is 0 Å². The van der Waals surface area contributed by atoms with Crippen LogP contribution in [0.15, 0.2) is 24.3 Å². The number of carbonyl (C=O) groups excluding carboxylic acids is 1. The van der Waals surface area contributed by atoms with Gasteiger partial charge in [-0.3, -0.25) is 4.79 Å². The number of benzene rings is 1. The highest BCUT2D eigenvalue weighted by molar-refractivity contribution is 5.81. The zero-order chi connectivity index (χ0) is 14.5. The first-order valence-electron chi connectivity index (χ1n) is 7.83. The van der Waals surface area contributed by atoms with Gasteiger partial charge in [0.25, 0.3) is 5.91 Å². The quantitative estimate of drug-likeness (QED) is 0.876. The maximum Gasteiger partial charge on any atom is 0.261 e. The standard InChI is InChI=1S/C16H23N3O2/c20-16-15(3-1-2-8-18-16)21-14-6-4-13(5-7-14)19-11-9-17-10-12-19/h4-7,15,17H,1-3,8-12H2,(H,18,20). The normalized spacial score (nSPS) is 23.3. The summed E-state index contributed by atoms with van der Waals surface area (Å²) in [4.78, 5) is 14.2. The second-order valence-electron chi connectivity index (χ2n) is 5.62. The third-order valence-electron chi connectivity index (χ3n) is 4.08. The molecule has 5 heteroatoms. The van der Waals surface area contributed by atoms with Crippen LogP contribution in [0.5, 0.6) is 5.75 Å². The largest absolute Gasteiger partial charge is 0.481 e. The maximum atomic E-state index is 11.9. The number of nitrogens with zero attached hydrogens (tertiary/aromatic N) is 1. The van der Waals surface area contributed by atoms with Crippen LogP contribution in [0.4, 0.5) is 5.69 Å². The molecule has 1 aromatic carbocycles. The highest BCUT2D eigenvalue weighted by Crippen LogP contribution is 2.22. The number of piperazine rings is 1. The molecule has 1 atom stereocenters. The molecule has 2 fully saturated rings. The minimum absolute atomic E-state index is 0.0127. The zero-order valence-electron chi connectivity index (χ0n) is 12.3. The zero-order valence-corrected chi connectivity index (χ0v) is 12.3. The number of hydrogen-bond acceptors (Lipinski definition) is 4. The average Bonchev–Trinajstić information content (AvgIpc) is 2.74. The third kappa shape index (κ3) is 3.67. The van der Waals surface area contributed by atoms with Crippen molar-refractivity contribution < 1.29 is 9.53 Å². The van der Waals surface area contributed by atoms with E-state index in [1.54, 1.807) is 0 Å². The van der Waals surface area contributed by atoms with E-state index < -0.39 is 0 Å². The van der Waals surface area contributed by atoms with Gasteiger partial charge < -0.3 is 20.3 Å². The predicted molar refractivity (Wildman–Crippen MR) is 82.8 cm³/mol. The third-order valence-corrected chi connectivity index (χ3v) is 4.08. The molecule has 0 spiro atoms. The molecule has 0 saturated carbocycles. The summed E-state index contributed by atoms with van der Waals surface area (Å²) >= 11 is 0. The molecule has 21 heavy (non-hydrogen) atoms. The topological polar surface area (TPSA) is 53.6 Å². The Kier molecular flexibility index (Phi) is 4.60. The summed E-state index contributed by atoms with van der Waals surface area (Å²) in [5.41, 5.74) is 1.22. The first-order valence-corrected chi connectivity index (χ1v) is 7.83. The highest BCUT2D eigenvalue weighted by atomic mass is 16.5. The number of ether oxygens (including phenoxy) is 1. The van der Waals surface area contributed by atoms with Crippen molar-refractivity contribution >= 4 is 11.6 Å². The summed E-state index contributed by atoms with van der Waals surface area (Å²) in [7, 11) is 0. The van der Waals surface area contributed by atoms with Gasteiger partial charge in [-0.15, -0.1) is 0 Å². The molecular weight excluding hydrogens is 266 g/mol. The Morgan fingerprint density at radius 2 is 1.81 bits per heavy atom. The number of anilines is 1. The van der Waals surface area contributed by atoms with E-state index in [4.69, 9.17) is 4.74 Å². The number of hydrogen-bond donors (Lipinski definition) is 2. The van der Waals surface area contributed by atoms with Crippen molar-refractivity contribution in [3.05, 3.63) is 24.3 Å². The molecule has 2 aliphatic rings. The molecule has 0 aromatic heterocycles. The highest BCUT2D eigenvalue weighted by Gasteiger charge is 2.22. The number of rotatable bonds is 3. The fraction of sp³-hybridized carbons (Fsp3) is 0.562. The average molecular weight is 289 g/mol. The lowest BCUT2D eigenvalue weighted by atomic mass is 10.2. The molecular formula is C16H23N3O2. The fourth-order valence-corrected chi connectivity index (χ4v) is 2.85. The van der Waals surface area contributed by atoms with Crippen LogP contribution in [0.3, 0.4) is 0 Å². The number of nitrogens with one attached hydrogen (secondary N) is 2. The fourth-order valence-electron chi connectivity index (χ4n) is 2.85. The Balaban J connectivity index is 1.62. The lowest BCUT2D eigenvalue weighted by Gasteiger charge is -2.29. The Bertz CT molecular complexity index is 469. The van der Waals surface area contributed by atoms with Crippen LogP contribution in [0.2, 0.25) is 0 Å². The Morgan fingerprint density at radius 3 is 2.57 bits per heavy atom. The van der Waals surface area contributed by atoms with Crippen LogP contribution >= 0.6 is 0 Å². The van der Waals surface area contributed by atoms with E-state index in [9.17, 15) is 4.79 Å². The Hall–Kier alpha value is -1.75. The van der Waals surface area contributed by atoms with Crippen LogP contribution in [-0.2, 0) is 4.79 Å². The van der Waals surface area contributed by atoms with Crippen molar-refractivity contribution in [2.75, 3.05) is 37.6 Å². The molecule has 114 valence electrons. The number of amides is 1. The molecule has 5 nitrogen and oxygen atoms in total. The van der Waals surface area contributed by atoms with Crippen molar-refractivity contribution in [2.45, 2.75) is 25.4 Å². The molecule has 2 N–H and O–H groups in total. The SMILES string of the molecule is O=C1NCCCCC1Oc1ccc(N2CCNCC2)cc1. The van der Waals surface area contributed by atoms with Gasteiger partial charge >= 0.3 is 0 Å². The molecule has 0 aliphatic carbocycles. The molecule has 3 rings (SSSR count). The molecule has 0 radical (unpaired) electrons.